The minimum Gasteiger partial charge on any atom is -0.462 e. The molecule has 5 nitrogen and oxygen atoms in total. The van der Waals surface area contributed by atoms with Crippen molar-refractivity contribution in [1.82, 2.24) is 0 Å². The molecule has 25 heavy (non-hydrogen) atoms. The van der Waals surface area contributed by atoms with Gasteiger partial charge in [-0.05, 0) is 38.8 Å². The van der Waals surface area contributed by atoms with Crippen molar-refractivity contribution in [3.8, 4) is 0 Å². The summed E-state index contributed by atoms with van der Waals surface area (Å²) in [7, 11) is 0. The summed E-state index contributed by atoms with van der Waals surface area (Å²) in [4.78, 5) is 26.2. The summed E-state index contributed by atoms with van der Waals surface area (Å²) in [5, 5.41) is 3.45. The normalized spacial score (nSPS) is 15.8. The fourth-order valence-corrected chi connectivity index (χ4v) is 4.33. The SMILES string of the molecule is CCOC(=O)c1c(NC(=O)c2c(C)cccc2C)sc2c1C(C)OC2. The van der Waals surface area contributed by atoms with Gasteiger partial charge in [-0.1, -0.05) is 18.2 Å². The Balaban J connectivity index is 1.99. The fourth-order valence-electron chi connectivity index (χ4n) is 3.14. The molecule has 1 amide bonds. The molecular weight excluding hydrogens is 338 g/mol. The average Bonchev–Trinajstić information content (AvgIpc) is 3.07. The molecule has 3 rings (SSSR count). The second kappa shape index (κ2) is 6.98. The van der Waals surface area contributed by atoms with Crippen LogP contribution in [0.25, 0.3) is 0 Å². The number of anilines is 1. The van der Waals surface area contributed by atoms with Crippen LogP contribution < -0.4 is 5.32 Å². The number of nitrogens with one attached hydrogen (secondary N) is 1. The predicted molar refractivity (Wildman–Crippen MR) is 97.3 cm³/mol. The Labute approximate surface area is 151 Å². The van der Waals surface area contributed by atoms with Gasteiger partial charge in [0.15, 0.2) is 0 Å². The molecule has 0 saturated heterocycles. The van der Waals surface area contributed by atoms with Crippen LogP contribution in [0.5, 0.6) is 0 Å². The highest BCUT2D eigenvalue weighted by molar-refractivity contribution is 7.17. The zero-order valence-electron chi connectivity index (χ0n) is 14.8. The molecule has 132 valence electrons. The number of hydrogen-bond acceptors (Lipinski definition) is 5. The van der Waals surface area contributed by atoms with Gasteiger partial charge in [0.2, 0.25) is 0 Å². The first-order chi connectivity index (χ1) is 11.9. The molecule has 1 unspecified atom stereocenters. The molecule has 0 bridgehead atoms. The van der Waals surface area contributed by atoms with E-state index >= 15 is 0 Å². The zero-order valence-corrected chi connectivity index (χ0v) is 15.6. The lowest BCUT2D eigenvalue weighted by Crippen LogP contribution is -2.17. The number of hydrogen-bond donors (Lipinski definition) is 1. The second-order valence-electron chi connectivity index (χ2n) is 6.04. The topological polar surface area (TPSA) is 64.6 Å². The highest BCUT2D eigenvalue weighted by Gasteiger charge is 2.33. The number of esters is 1. The van der Waals surface area contributed by atoms with E-state index in [1.807, 2.05) is 39.0 Å². The summed E-state index contributed by atoms with van der Waals surface area (Å²) in [6, 6.07) is 5.72. The number of carbonyl (C=O) groups is 2. The van der Waals surface area contributed by atoms with Gasteiger partial charge >= 0.3 is 5.97 Å². The lowest BCUT2D eigenvalue weighted by atomic mass is 10.0. The number of ether oxygens (including phenoxy) is 2. The minimum atomic E-state index is -0.422. The number of fused-ring (bicyclic) bond motifs is 1. The van der Waals surface area contributed by atoms with Gasteiger partial charge in [-0.3, -0.25) is 4.79 Å². The van der Waals surface area contributed by atoms with E-state index in [2.05, 4.69) is 5.32 Å². The van der Waals surface area contributed by atoms with Gasteiger partial charge in [-0.2, -0.15) is 0 Å². The van der Waals surface area contributed by atoms with Crippen molar-refractivity contribution in [2.75, 3.05) is 11.9 Å². The zero-order chi connectivity index (χ0) is 18.1. The van der Waals surface area contributed by atoms with E-state index in [1.165, 1.54) is 11.3 Å². The third-order valence-corrected chi connectivity index (χ3v) is 5.40. The van der Waals surface area contributed by atoms with Crippen molar-refractivity contribution in [1.29, 1.82) is 0 Å². The highest BCUT2D eigenvalue weighted by atomic mass is 32.1. The van der Waals surface area contributed by atoms with E-state index in [0.717, 1.165) is 21.6 Å². The van der Waals surface area contributed by atoms with Crippen molar-refractivity contribution in [3.05, 3.63) is 50.9 Å². The summed E-state index contributed by atoms with van der Waals surface area (Å²) in [6.45, 7) is 8.20. The second-order valence-corrected chi connectivity index (χ2v) is 7.14. The molecule has 0 aliphatic carbocycles. The summed E-state index contributed by atoms with van der Waals surface area (Å²) < 4.78 is 10.8. The standard InChI is InChI=1S/C19H21NO4S/c1-5-23-19(22)16-15-12(4)24-9-13(15)25-18(16)20-17(21)14-10(2)7-6-8-11(14)3/h6-8,12H,5,9H2,1-4H3,(H,20,21). The smallest absolute Gasteiger partial charge is 0.341 e. The van der Waals surface area contributed by atoms with Gasteiger partial charge in [0.05, 0.1) is 19.3 Å². The molecule has 0 spiro atoms. The number of amides is 1. The predicted octanol–water partition coefficient (Wildman–Crippen LogP) is 4.39. The Hall–Kier alpha value is -2.18. The number of aryl methyl sites for hydroxylation is 2. The molecule has 0 radical (unpaired) electrons. The molecule has 0 fully saturated rings. The Morgan fingerprint density at radius 2 is 1.96 bits per heavy atom. The minimum absolute atomic E-state index is 0.184. The number of benzene rings is 1. The van der Waals surface area contributed by atoms with Gasteiger partial charge in [-0.15, -0.1) is 11.3 Å². The van der Waals surface area contributed by atoms with E-state index in [9.17, 15) is 9.59 Å². The first kappa shape index (κ1) is 17.6. The summed E-state index contributed by atoms with van der Waals surface area (Å²) in [5.74, 6) is -0.635. The van der Waals surface area contributed by atoms with Crippen LogP contribution in [0.15, 0.2) is 18.2 Å². The molecule has 1 N–H and O–H groups in total. The largest absolute Gasteiger partial charge is 0.462 e. The van der Waals surface area contributed by atoms with Crippen LogP contribution in [0.3, 0.4) is 0 Å². The number of rotatable bonds is 4. The van der Waals surface area contributed by atoms with Crippen molar-refractivity contribution >= 4 is 28.2 Å². The maximum Gasteiger partial charge on any atom is 0.341 e. The van der Waals surface area contributed by atoms with Crippen LogP contribution in [0.4, 0.5) is 5.00 Å². The van der Waals surface area contributed by atoms with E-state index in [0.29, 0.717) is 22.7 Å². The maximum atomic E-state index is 12.8. The molecule has 1 atom stereocenters. The van der Waals surface area contributed by atoms with Crippen LogP contribution in [0.1, 0.15) is 62.2 Å². The molecule has 1 aromatic carbocycles. The lowest BCUT2D eigenvalue weighted by molar-refractivity contribution is 0.0513. The Bertz CT molecular complexity index is 820. The highest BCUT2D eigenvalue weighted by Crippen LogP contribution is 2.44. The van der Waals surface area contributed by atoms with Gasteiger partial charge in [0.1, 0.15) is 10.6 Å². The van der Waals surface area contributed by atoms with Crippen LogP contribution in [0.2, 0.25) is 0 Å². The molecule has 2 aromatic rings. The maximum absolute atomic E-state index is 12.8. The van der Waals surface area contributed by atoms with Gasteiger partial charge < -0.3 is 14.8 Å². The van der Waals surface area contributed by atoms with Crippen LogP contribution in [0, 0.1) is 13.8 Å². The summed E-state index contributed by atoms with van der Waals surface area (Å²) >= 11 is 1.38. The Kier molecular flexibility index (Phi) is 4.92. The van der Waals surface area contributed by atoms with Gasteiger partial charge in [0, 0.05) is 16.0 Å². The van der Waals surface area contributed by atoms with Gasteiger partial charge in [0.25, 0.3) is 5.91 Å². The van der Waals surface area contributed by atoms with Crippen LogP contribution >= 0.6 is 11.3 Å². The van der Waals surface area contributed by atoms with Gasteiger partial charge in [-0.25, -0.2) is 4.79 Å². The molecule has 6 heteroatoms. The Morgan fingerprint density at radius 1 is 1.28 bits per heavy atom. The molecular formula is C19H21NO4S. The van der Waals surface area contributed by atoms with Crippen molar-refractivity contribution in [3.63, 3.8) is 0 Å². The van der Waals surface area contributed by atoms with Crippen LogP contribution in [-0.2, 0) is 16.1 Å². The van der Waals surface area contributed by atoms with E-state index in [4.69, 9.17) is 9.47 Å². The Morgan fingerprint density at radius 3 is 2.60 bits per heavy atom. The first-order valence-electron chi connectivity index (χ1n) is 8.25. The van der Waals surface area contributed by atoms with E-state index < -0.39 is 5.97 Å². The van der Waals surface area contributed by atoms with E-state index in [1.54, 1.807) is 6.92 Å². The quantitative estimate of drug-likeness (QED) is 0.823. The molecule has 0 saturated carbocycles. The molecule has 1 aliphatic rings. The average molecular weight is 359 g/mol. The van der Waals surface area contributed by atoms with Crippen molar-refractivity contribution in [2.45, 2.75) is 40.4 Å². The van der Waals surface area contributed by atoms with E-state index in [-0.39, 0.29) is 18.6 Å². The number of carbonyl (C=O) groups excluding carboxylic acids is 2. The molecule has 2 heterocycles. The van der Waals surface area contributed by atoms with Crippen molar-refractivity contribution < 1.29 is 19.1 Å². The monoisotopic (exact) mass is 359 g/mol. The first-order valence-corrected chi connectivity index (χ1v) is 9.07. The van der Waals surface area contributed by atoms with Crippen LogP contribution in [-0.4, -0.2) is 18.5 Å². The fraction of sp³-hybridized carbons (Fsp3) is 0.368. The molecule has 1 aromatic heterocycles. The summed E-state index contributed by atoms with van der Waals surface area (Å²) in [6.07, 6.45) is -0.184. The van der Waals surface area contributed by atoms with Crippen molar-refractivity contribution in [2.24, 2.45) is 0 Å². The number of thiophene rings is 1. The third kappa shape index (κ3) is 3.19. The third-order valence-electron chi connectivity index (χ3n) is 4.31. The lowest BCUT2D eigenvalue weighted by Gasteiger charge is -2.12. The summed E-state index contributed by atoms with van der Waals surface area (Å²) in [5.41, 5.74) is 3.69. The molecule has 1 aliphatic heterocycles.